The Morgan fingerprint density at radius 3 is 2.45 bits per heavy atom. The second kappa shape index (κ2) is 6.90. The van der Waals surface area contributed by atoms with Crippen molar-refractivity contribution in [2.45, 2.75) is 12.5 Å². The van der Waals surface area contributed by atoms with Crippen molar-refractivity contribution in [2.24, 2.45) is 0 Å². The van der Waals surface area contributed by atoms with Gasteiger partial charge in [0.15, 0.2) is 0 Å². The van der Waals surface area contributed by atoms with Crippen LogP contribution in [0.4, 0.5) is 4.39 Å². The molecule has 1 nitrogen and oxygen atoms in total. The van der Waals surface area contributed by atoms with Crippen LogP contribution >= 0.6 is 39.1 Å². The first-order chi connectivity index (χ1) is 9.51. The van der Waals surface area contributed by atoms with Crippen LogP contribution in [-0.4, -0.2) is 7.05 Å². The maximum atomic E-state index is 13.9. The van der Waals surface area contributed by atoms with Crippen LogP contribution in [0.2, 0.25) is 10.0 Å². The lowest BCUT2D eigenvalue weighted by Gasteiger charge is -2.19. The Kier molecular flexibility index (Phi) is 5.44. The fourth-order valence-electron chi connectivity index (χ4n) is 2.06. The standard InChI is InChI=1S/C15H13BrCl2FN/c1-20-15(12-7-10(17)4-5-13(12)16)6-9-2-3-11(18)8-14(9)19/h2-5,7-8,15,20H,6H2,1H3. The van der Waals surface area contributed by atoms with Gasteiger partial charge < -0.3 is 5.32 Å². The molecule has 1 N–H and O–H groups in total. The molecule has 106 valence electrons. The van der Waals surface area contributed by atoms with E-state index >= 15 is 0 Å². The summed E-state index contributed by atoms with van der Waals surface area (Å²) in [6.45, 7) is 0. The van der Waals surface area contributed by atoms with Crippen molar-refractivity contribution in [3.63, 3.8) is 0 Å². The second-order valence-electron chi connectivity index (χ2n) is 4.45. The smallest absolute Gasteiger partial charge is 0.127 e. The van der Waals surface area contributed by atoms with Gasteiger partial charge in [-0.3, -0.25) is 0 Å². The minimum atomic E-state index is -0.295. The molecule has 0 bridgehead atoms. The van der Waals surface area contributed by atoms with Gasteiger partial charge in [0.1, 0.15) is 5.82 Å². The van der Waals surface area contributed by atoms with Gasteiger partial charge in [-0.2, -0.15) is 0 Å². The quantitative estimate of drug-likeness (QED) is 0.753. The van der Waals surface area contributed by atoms with Crippen molar-refractivity contribution in [1.82, 2.24) is 5.32 Å². The number of hydrogen-bond donors (Lipinski definition) is 1. The summed E-state index contributed by atoms with van der Waals surface area (Å²) in [5.41, 5.74) is 1.61. The number of nitrogens with one attached hydrogen (secondary N) is 1. The van der Waals surface area contributed by atoms with E-state index in [1.807, 2.05) is 25.2 Å². The summed E-state index contributed by atoms with van der Waals surface area (Å²) < 4.78 is 14.8. The third-order valence-electron chi connectivity index (χ3n) is 3.12. The predicted molar refractivity (Wildman–Crippen MR) is 86.1 cm³/mol. The Bertz CT molecular complexity index is 619. The zero-order valence-corrected chi connectivity index (χ0v) is 13.9. The zero-order valence-electron chi connectivity index (χ0n) is 10.8. The van der Waals surface area contributed by atoms with Crippen LogP contribution in [0.15, 0.2) is 40.9 Å². The van der Waals surface area contributed by atoms with Gasteiger partial charge in [0.05, 0.1) is 0 Å². The van der Waals surface area contributed by atoms with E-state index in [0.717, 1.165) is 10.0 Å². The fraction of sp³-hybridized carbons (Fsp3) is 0.200. The second-order valence-corrected chi connectivity index (χ2v) is 6.17. The van der Waals surface area contributed by atoms with Crippen LogP contribution in [0, 0.1) is 5.82 Å². The van der Waals surface area contributed by atoms with Crippen molar-refractivity contribution in [3.05, 3.63) is 67.9 Å². The molecule has 0 aliphatic carbocycles. The molecule has 0 aliphatic rings. The molecule has 0 aliphatic heterocycles. The lowest BCUT2D eigenvalue weighted by molar-refractivity contribution is 0.553. The molecule has 0 fully saturated rings. The van der Waals surface area contributed by atoms with E-state index in [9.17, 15) is 4.39 Å². The lowest BCUT2D eigenvalue weighted by atomic mass is 9.98. The van der Waals surface area contributed by atoms with Crippen molar-refractivity contribution >= 4 is 39.1 Å². The normalized spacial score (nSPS) is 12.4. The number of likely N-dealkylation sites (N-methyl/N-ethyl adjacent to an activating group) is 1. The number of hydrogen-bond acceptors (Lipinski definition) is 1. The van der Waals surface area contributed by atoms with E-state index in [4.69, 9.17) is 23.2 Å². The van der Waals surface area contributed by atoms with Gasteiger partial charge in [0.25, 0.3) is 0 Å². The summed E-state index contributed by atoms with van der Waals surface area (Å²) in [5.74, 6) is -0.295. The summed E-state index contributed by atoms with van der Waals surface area (Å²) in [5, 5.41) is 4.24. The van der Waals surface area contributed by atoms with Crippen LogP contribution in [0.1, 0.15) is 17.2 Å². The van der Waals surface area contributed by atoms with E-state index in [1.54, 1.807) is 12.1 Å². The molecular weight excluding hydrogens is 364 g/mol. The van der Waals surface area contributed by atoms with E-state index in [2.05, 4.69) is 21.2 Å². The van der Waals surface area contributed by atoms with E-state index in [1.165, 1.54) is 6.07 Å². The highest BCUT2D eigenvalue weighted by Crippen LogP contribution is 2.29. The summed E-state index contributed by atoms with van der Waals surface area (Å²) in [7, 11) is 1.84. The molecule has 0 saturated carbocycles. The molecule has 20 heavy (non-hydrogen) atoms. The number of rotatable bonds is 4. The highest BCUT2D eigenvalue weighted by molar-refractivity contribution is 9.10. The molecule has 0 saturated heterocycles. The monoisotopic (exact) mass is 375 g/mol. The molecule has 2 aromatic rings. The third-order valence-corrected chi connectivity index (χ3v) is 4.31. The van der Waals surface area contributed by atoms with Gasteiger partial charge in [-0.05, 0) is 54.9 Å². The minimum Gasteiger partial charge on any atom is -0.313 e. The largest absolute Gasteiger partial charge is 0.313 e. The van der Waals surface area contributed by atoms with Gasteiger partial charge in [-0.25, -0.2) is 4.39 Å². The highest BCUT2D eigenvalue weighted by atomic mass is 79.9. The predicted octanol–water partition coefficient (Wildman–Crippen LogP) is 5.40. The van der Waals surface area contributed by atoms with Crippen LogP contribution < -0.4 is 5.32 Å². The van der Waals surface area contributed by atoms with Crippen LogP contribution in [0.5, 0.6) is 0 Å². The summed E-state index contributed by atoms with van der Waals surface area (Å²) in [6, 6.07) is 10.3. The fourth-order valence-corrected chi connectivity index (χ4v) is 2.92. The highest BCUT2D eigenvalue weighted by Gasteiger charge is 2.16. The Hall–Kier alpha value is -0.610. The van der Waals surface area contributed by atoms with E-state index in [0.29, 0.717) is 22.0 Å². The first kappa shape index (κ1) is 15.8. The van der Waals surface area contributed by atoms with Gasteiger partial charge in [-0.1, -0.05) is 45.2 Å². The summed E-state index contributed by atoms with van der Waals surface area (Å²) >= 11 is 15.3. The first-order valence-corrected chi connectivity index (χ1v) is 7.62. The molecule has 5 heteroatoms. The van der Waals surface area contributed by atoms with Crippen LogP contribution in [0.3, 0.4) is 0 Å². The molecule has 0 spiro atoms. The average Bonchev–Trinajstić information content (AvgIpc) is 2.41. The Labute approximate surface area is 136 Å². The SMILES string of the molecule is CNC(Cc1ccc(Cl)cc1F)c1cc(Cl)ccc1Br. The molecule has 2 rings (SSSR count). The van der Waals surface area contributed by atoms with Crippen molar-refractivity contribution in [2.75, 3.05) is 7.05 Å². The van der Waals surface area contributed by atoms with Gasteiger partial charge in [0.2, 0.25) is 0 Å². The van der Waals surface area contributed by atoms with Crippen molar-refractivity contribution < 1.29 is 4.39 Å². The van der Waals surface area contributed by atoms with Crippen LogP contribution in [-0.2, 0) is 6.42 Å². The zero-order chi connectivity index (χ0) is 14.7. The van der Waals surface area contributed by atoms with E-state index in [-0.39, 0.29) is 11.9 Å². The van der Waals surface area contributed by atoms with Gasteiger partial charge in [0, 0.05) is 20.6 Å². The summed E-state index contributed by atoms with van der Waals surface area (Å²) in [4.78, 5) is 0. The lowest BCUT2D eigenvalue weighted by Crippen LogP contribution is -2.20. The van der Waals surface area contributed by atoms with Gasteiger partial charge in [-0.15, -0.1) is 0 Å². The topological polar surface area (TPSA) is 12.0 Å². The Morgan fingerprint density at radius 2 is 1.80 bits per heavy atom. The minimum absolute atomic E-state index is 0.0428. The third kappa shape index (κ3) is 3.73. The van der Waals surface area contributed by atoms with Crippen molar-refractivity contribution in [3.8, 4) is 0 Å². The van der Waals surface area contributed by atoms with Crippen molar-refractivity contribution in [1.29, 1.82) is 0 Å². The molecule has 0 amide bonds. The average molecular weight is 377 g/mol. The first-order valence-electron chi connectivity index (χ1n) is 6.07. The molecule has 0 radical (unpaired) electrons. The molecule has 1 unspecified atom stereocenters. The summed E-state index contributed by atoms with van der Waals surface area (Å²) in [6.07, 6.45) is 0.512. The Balaban J connectivity index is 2.31. The van der Waals surface area contributed by atoms with Crippen LogP contribution in [0.25, 0.3) is 0 Å². The van der Waals surface area contributed by atoms with E-state index < -0.39 is 0 Å². The molecule has 0 heterocycles. The molecule has 2 aromatic carbocycles. The number of benzene rings is 2. The molecule has 0 aromatic heterocycles. The maximum absolute atomic E-state index is 13.9. The Morgan fingerprint density at radius 1 is 1.15 bits per heavy atom. The maximum Gasteiger partial charge on any atom is 0.127 e. The molecular formula is C15H13BrCl2FN. The van der Waals surface area contributed by atoms with Gasteiger partial charge >= 0.3 is 0 Å². The molecule has 1 atom stereocenters. The number of halogens is 4.